The summed E-state index contributed by atoms with van der Waals surface area (Å²) in [5.41, 5.74) is 0.743. The molecule has 1 aliphatic rings. The Morgan fingerprint density at radius 1 is 1.64 bits per heavy atom. The third-order valence-electron chi connectivity index (χ3n) is 2.52. The van der Waals surface area contributed by atoms with E-state index in [1.54, 1.807) is 17.4 Å². The molecule has 1 aliphatic carbocycles. The molecule has 0 saturated carbocycles. The van der Waals surface area contributed by atoms with Gasteiger partial charge in [0.1, 0.15) is 0 Å². The highest BCUT2D eigenvalue weighted by Gasteiger charge is 2.29. The van der Waals surface area contributed by atoms with Gasteiger partial charge in [-0.2, -0.15) is 0 Å². The summed E-state index contributed by atoms with van der Waals surface area (Å²) < 4.78 is 0. The number of carbonyl (C=O) groups excluding carboxylic acids is 1. The average molecular weight is 210 g/mol. The molecule has 74 valence electrons. The quantitative estimate of drug-likeness (QED) is 0.811. The van der Waals surface area contributed by atoms with Crippen LogP contribution in [-0.4, -0.2) is 16.9 Å². The first-order valence-corrected chi connectivity index (χ1v) is 5.39. The predicted octanol–water partition coefficient (Wildman–Crippen LogP) is 1.97. The van der Waals surface area contributed by atoms with E-state index in [-0.39, 0.29) is 18.1 Å². The minimum Gasteiger partial charge on any atom is -0.481 e. The zero-order chi connectivity index (χ0) is 10.1. The van der Waals surface area contributed by atoms with Crippen LogP contribution in [0.5, 0.6) is 0 Å². The average Bonchev–Trinajstić information content (AvgIpc) is 2.57. The molecule has 0 radical (unpaired) electrons. The van der Waals surface area contributed by atoms with Gasteiger partial charge in [-0.15, -0.1) is 11.3 Å². The molecular weight excluding hydrogens is 200 g/mol. The third kappa shape index (κ3) is 1.57. The van der Waals surface area contributed by atoms with Crippen LogP contribution in [0, 0.1) is 5.92 Å². The Morgan fingerprint density at radius 2 is 2.43 bits per heavy atom. The fourth-order valence-electron chi connectivity index (χ4n) is 1.82. The van der Waals surface area contributed by atoms with E-state index in [0.717, 1.165) is 16.9 Å². The van der Waals surface area contributed by atoms with E-state index >= 15 is 0 Å². The monoisotopic (exact) mass is 210 g/mol. The van der Waals surface area contributed by atoms with Crippen LogP contribution < -0.4 is 0 Å². The molecule has 4 heteroatoms. The van der Waals surface area contributed by atoms with Crippen LogP contribution >= 0.6 is 11.3 Å². The van der Waals surface area contributed by atoms with Gasteiger partial charge in [-0.1, -0.05) is 0 Å². The lowest BCUT2D eigenvalue weighted by molar-refractivity contribution is -0.137. The molecule has 0 aromatic carbocycles. The van der Waals surface area contributed by atoms with Gasteiger partial charge in [0, 0.05) is 16.4 Å². The Morgan fingerprint density at radius 3 is 3.14 bits per heavy atom. The number of carboxylic acids is 1. The van der Waals surface area contributed by atoms with E-state index in [4.69, 9.17) is 5.11 Å². The molecule has 1 heterocycles. The smallest absolute Gasteiger partial charge is 0.304 e. The highest BCUT2D eigenvalue weighted by Crippen LogP contribution is 2.30. The number of thiophene rings is 1. The summed E-state index contributed by atoms with van der Waals surface area (Å²) in [7, 11) is 0. The molecule has 14 heavy (non-hydrogen) atoms. The van der Waals surface area contributed by atoms with Crippen molar-refractivity contribution in [2.45, 2.75) is 19.3 Å². The first-order chi connectivity index (χ1) is 6.68. The van der Waals surface area contributed by atoms with Crippen molar-refractivity contribution in [3.8, 4) is 0 Å². The summed E-state index contributed by atoms with van der Waals surface area (Å²) in [5.74, 6) is -1.19. The molecule has 0 amide bonds. The van der Waals surface area contributed by atoms with Crippen LogP contribution in [-0.2, 0) is 11.2 Å². The summed E-state index contributed by atoms with van der Waals surface area (Å²) in [6.45, 7) is 0. The maximum atomic E-state index is 11.8. The first kappa shape index (κ1) is 9.40. The lowest BCUT2D eigenvalue weighted by Gasteiger charge is -2.18. The predicted molar refractivity (Wildman–Crippen MR) is 52.7 cm³/mol. The molecule has 3 nitrogen and oxygen atoms in total. The van der Waals surface area contributed by atoms with Crippen LogP contribution in [0.25, 0.3) is 0 Å². The maximum absolute atomic E-state index is 11.8. The number of ketones is 1. The fraction of sp³-hybridized carbons (Fsp3) is 0.400. The molecule has 0 bridgehead atoms. The van der Waals surface area contributed by atoms with Crippen LogP contribution in [0.1, 0.15) is 28.1 Å². The van der Waals surface area contributed by atoms with Gasteiger partial charge in [0.15, 0.2) is 5.78 Å². The summed E-state index contributed by atoms with van der Waals surface area (Å²) in [4.78, 5) is 23.4. The van der Waals surface area contributed by atoms with Crippen molar-refractivity contribution in [3.05, 3.63) is 21.9 Å². The van der Waals surface area contributed by atoms with E-state index in [2.05, 4.69) is 0 Å². The Hall–Kier alpha value is -1.16. The highest BCUT2D eigenvalue weighted by molar-refractivity contribution is 7.10. The van der Waals surface area contributed by atoms with E-state index in [1.807, 2.05) is 5.38 Å². The van der Waals surface area contributed by atoms with Crippen molar-refractivity contribution in [1.29, 1.82) is 0 Å². The summed E-state index contributed by atoms with van der Waals surface area (Å²) in [5, 5.41) is 10.5. The molecule has 0 spiro atoms. The topological polar surface area (TPSA) is 54.4 Å². The van der Waals surface area contributed by atoms with Crippen molar-refractivity contribution in [2.24, 2.45) is 5.92 Å². The minimum atomic E-state index is -0.887. The second-order valence-electron chi connectivity index (χ2n) is 3.46. The van der Waals surface area contributed by atoms with Crippen LogP contribution in [0.3, 0.4) is 0 Å². The second kappa shape index (κ2) is 3.53. The molecule has 0 saturated heterocycles. The molecule has 1 N–H and O–H groups in total. The molecule has 0 unspecified atom stereocenters. The Bertz CT molecular complexity index is 380. The number of carboxylic acid groups (broad SMARTS) is 1. The number of carbonyl (C=O) groups is 2. The van der Waals surface area contributed by atoms with Gasteiger partial charge in [0.05, 0.1) is 6.42 Å². The number of Topliss-reactive ketones (excluding diaryl/α,β-unsaturated/α-hetero) is 1. The van der Waals surface area contributed by atoms with Crippen LogP contribution in [0.2, 0.25) is 0 Å². The molecule has 0 fully saturated rings. The van der Waals surface area contributed by atoms with Crippen molar-refractivity contribution in [2.75, 3.05) is 0 Å². The maximum Gasteiger partial charge on any atom is 0.304 e. The standard InChI is InChI=1S/C10H10O3S/c11-9(12)5-6-1-2-8-7(10(6)13)3-4-14-8/h3-4,6H,1-2,5H2,(H,11,12)/t6-/m0/s1. The van der Waals surface area contributed by atoms with Crippen LogP contribution in [0.4, 0.5) is 0 Å². The van der Waals surface area contributed by atoms with Gasteiger partial charge in [-0.05, 0) is 24.3 Å². The normalized spacial score (nSPS) is 20.6. The summed E-state index contributed by atoms with van der Waals surface area (Å²) in [6, 6.07) is 1.80. The summed E-state index contributed by atoms with van der Waals surface area (Å²) >= 11 is 1.58. The zero-order valence-electron chi connectivity index (χ0n) is 7.53. The number of hydrogen-bond donors (Lipinski definition) is 1. The van der Waals surface area contributed by atoms with Gasteiger partial charge in [0.25, 0.3) is 0 Å². The largest absolute Gasteiger partial charge is 0.481 e. The number of aliphatic carboxylic acids is 1. The fourth-order valence-corrected chi connectivity index (χ4v) is 2.72. The molecule has 1 aromatic heterocycles. The number of aryl methyl sites for hydroxylation is 1. The molecule has 0 aliphatic heterocycles. The van der Waals surface area contributed by atoms with E-state index in [9.17, 15) is 9.59 Å². The summed E-state index contributed by atoms with van der Waals surface area (Å²) in [6.07, 6.45) is 1.49. The molecular formula is C10H10O3S. The van der Waals surface area contributed by atoms with Gasteiger partial charge >= 0.3 is 5.97 Å². The molecule has 2 rings (SSSR count). The zero-order valence-corrected chi connectivity index (χ0v) is 8.34. The number of hydrogen-bond acceptors (Lipinski definition) is 3. The lowest BCUT2D eigenvalue weighted by atomic mass is 9.85. The van der Waals surface area contributed by atoms with E-state index in [1.165, 1.54) is 0 Å². The molecule has 1 atom stereocenters. The molecule has 1 aromatic rings. The minimum absolute atomic E-state index is 0.00917. The van der Waals surface area contributed by atoms with Crippen molar-refractivity contribution < 1.29 is 14.7 Å². The van der Waals surface area contributed by atoms with Crippen molar-refractivity contribution >= 4 is 23.1 Å². The highest BCUT2D eigenvalue weighted by atomic mass is 32.1. The number of fused-ring (bicyclic) bond motifs is 1. The Labute approximate surface area is 85.4 Å². The Kier molecular flexibility index (Phi) is 2.37. The first-order valence-electron chi connectivity index (χ1n) is 4.51. The van der Waals surface area contributed by atoms with Crippen LogP contribution in [0.15, 0.2) is 11.4 Å². The van der Waals surface area contributed by atoms with E-state index in [0.29, 0.717) is 6.42 Å². The Balaban J connectivity index is 2.21. The number of rotatable bonds is 2. The SMILES string of the molecule is O=C(O)C[C@@H]1CCc2sccc2C1=O. The second-order valence-corrected chi connectivity index (χ2v) is 4.46. The van der Waals surface area contributed by atoms with E-state index < -0.39 is 5.97 Å². The van der Waals surface area contributed by atoms with Crippen molar-refractivity contribution in [1.82, 2.24) is 0 Å². The van der Waals surface area contributed by atoms with Gasteiger partial charge < -0.3 is 5.11 Å². The van der Waals surface area contributed by atoms with Crippen molar-refractivity contribution in [3.63, 3.8) is 0 Å². The van der Waals surface area contributed by atoms with Gasteiger partial charge in [0.2, 0.25) is 0 Å². The lowest BCUT2D eigenvalue weighted by Crippen LogP contribution is -2.23. The third-order valence-corrected chi connectivity index (χ3v) is 3.50. The van der Waals surface area contributed by atoms with Gasteiger partial charge in [-0.25, -0.2) is 0 Å². The van der Waals surface area contributed by atoms with Gasteiger partial charge in [-0.3, -0.25) is 9.59 Å².